The predicted molar refractivity (Wildman–Crippen MR) is 318 cm³/mol. The van der Waals surface area contributed by atoms with Gasteiger partial charge in [-0.15, -0.1) is 0 Å². The molecule has 9 N–H and O–H groups in total. The summed E-state index contributed by atoms with van der Waals surface area (Å²) in [6, 6.07) is -0.936. The van der Waals surface area contributed by atoms with Crippen molar-refractivity contribution in [2.75, 3.05) is 19.8 Å². The number of unbranched alkanes of at least 4 members (excludes halogenated alkanes) is 36. The van der Waals surface area contributed by atoms with Gasteiger partial charge in [0.25, 0.3) is 0 Å². The van der Waals surface area contributed by atoms with Gasteiger partial charge in [0.15, 0.2) is 12.6 Å². The van der Waals surface area contributed by atoms with E-state index >= 15 is 0 Å². The molecule has 0 aromatic carbocycles. The van der Waals surface area contributed by atoms with Crippen LogP contribution in [0, 0.1) is 0 Å². The Kier molecular flexibility index (Phi) is 47.0. The summed E-state index contributed by atoms with van der Waals surface area (Å²) >= 11 is 0. The van der Waals surface area contributed by atoms with Crippen LogP contribution < -0.4 is 5.32 Å². The molecule has 0 spiro atoms. The van der Waals surface area contributed by atoms with Gasteiger partial charge in [-0.1, -0.05) is 262 Å². The normalized spacial score (nSPS) is 24.6. The lowest BCUT2D eigenvalue weighted by molar-refractivity contribution is -0.359. The van der Waals surface area contributed by atoms with E-state index in [4.69, 9.17) is 18.9 Å². The Bertz CT molecular complexity index is 1460. The highest BCUT2D eigenvalue weighted by Crippen LogP contribution is 2.30. The second-order valence-corrected chi connectivity index (χ2v) is 23.2. The summed E-state index contributed by atoms with van der Waals surface area (Å²) < 4.78 is 22.8. The molecule has 2 aliphatic rings. The molecule has 2 rings (SSSR count). The number of hydrogen-bond donors (Lipinski definition) is 9. The van der Waals surface area contributed by atoms with Crippen LogP contribution in [-0.2, 0) is 23.7 Å². The van der Waals surface area contributed by atoms with Crippen molar-refractivity contribution < 1.29 is 64.6 Å². The maximum absolute atomic E-state index is 13.3. The van der Waals surface area contributed by atoms with Crippen molar-refractivity contribution in [1.82, 2.24) is 5.32 Å². The van der Waals surface area contributed by atoms with Gasteiger partial charge >= 0.3 is 0 Å². The molecule has 0 aromatic rings. The van der Waals surface area contributed by atoms with Gasteiger partial charge in [-0.3, -0.25) is 4.79 Å². The number of amides is 1. The van der Waals surface area contributed by atoms with Crippen LogP contribution in [0.5, 0.6) is 0 Å². The summed E-state index contributed by atoms with van der Waals surface area (Å²) in [5, 5.41) is 87.2. The summed E-state index contributed by atoms with van der Waals surface area (Å²) in [4.78, 5) is 13.3. The number of aliphatic hydroxyl groups excluding tert-OH is 8. The molecular weight excluding hydrogens is 1000 g/mol. The molecule has 14 heteroatoms. The number of rotatable bonds is 53. The molecule has 0 aliphatic carbocycles. The fourth-order valence-corrected chi connectivity index (χ4v) is 10.8. The minimum absolute atomic E-state index is 0.249. The first-order valence-corrected chi connectivity index (χ1v) is 32.7. The first-order chi connectivity index (χ1) is 38.6. The van der Waals surface area contributed by atoms with E-state index in [1.165, 1.54) is 199 Å². The molecule has 2 aliphatic heterocycles. The lowest BCUT2D eigenvalue weighted by Gasteiger charge is -2.46. The molecule has 79 heavy (non-hydrogen) atoms. The van der Waals surface area contributed by atoms with Gasteiger partial charge in [-0.2, -0.15) is 0 Å². The van der Waals surface area contributed by atoms with Crippen LogP contribution in [0.4, 0.5) is 0 Å². The number of hydrogen-bond acceptors (Lipinski definition) is 13. The molecular formula is C65H121NO13. The number of aliphatic hydroxyl groups is 8. The van der Waals surface area contributed by atoms with E-state index in [1.807, 2.05) is 6.08 Å². The third kappa shape index (κ3) is 35.8. The average molecular weight is 1120 g/mol. The standard InChI is InChI=1S/C65H121NO13/c1-3-5-7-9-11-13-15-17-19-21-22-23-24-25-26-27-28-29-30-31-33-34-36-38-40-42-44-46-48-54(69)53(66-57(70)49-47-45-43-41-39-37-35-32-20-18-16-14-12-10-8-6-4-2)52-76-64-62(75)60(73)63(56(51-68)78-64)79-65-61(74)59(72)58(71)55(50-67)77-65/h31,33,38,40,46,48,53-56,58-65,67-69,71-75H,3-30,32,34-37,39,41-45,47,49-52H2,1-2H3,(H,66,70)/b33-31+,40-38+,48-46+. The van der Waals surface area contributed by atoms with Gasteiger partial charge in [-0.05, 0) is 44.9 Å². The molecule has 2 saturated heterocycles. The van der Waals surface area contributed by atoms with Crippen LogP contribution in [0.15, 0.2) is 36.5 Å². The lowest BCUT2D eigenvalue weighted by atomic mass is 9.97. The van der Waals surface area contributed by atoms with E-state index < -0.39 is 86.8 Å². The van der Waals surface area contributed by atoms with Crippen LogP contribution in [0.2, 0.25) is 0 Å². The summed E-state index contributed by atoms with van der Waals surface area (Å²) in [5.41, 5.74) is 0. The van der Waals surface area contributed by atoms with Gasteiger partial charge < -0.3 is 65.1 Å². The molecule has 12 atom stereocenters. The van der Waals surface area contributed by atoms with E-state index in [9.17, 15) is 45.6 Å². The van der Waals surface area contributed by atoms with Crippen molar-refractivity contribution in [1.29, 1.82) is 0 Å². The Morgan fingerprint density at radius 2 is 0.810 bits per heavy atom. The van der Waals surface area contributed by atoms with Gasteiger partial charge in [0, 0.05) is 6.42 Å². The number of carbonyl (C=O) groups excluding carboxylic acids is 1. The monoisotopic (exact) mass is 1120 g/mol. The highest BCUT2D eigenvalue weighted by molar-refractivity contribution is 5.76. The highest BCUT2D eigenvalue weighted by atomic mass is 16.7. The van der Waals surface area contributed by atoms with Crippen LogP contribution in [0.1, 0.15) is 277 Å². The van der Waals surface area contributed by atoms with Crippen molar-refractivity contribution in [3.05, 3.63) is 36.5 Å². The molecule has 12 unspecified atom stereocenters. The third-order valence-corrected chi connectivity index (χ3v) is 16.1. The third-order valence-electron chi connectivity index (χ3n) is 16.1. The fourth-order valence-electron chi connectivity index (χ4n) is 10.8. The van der Waals surface area contributed by atoms with Gasteiger partial charge in [0.05, 0.1) is 32.0 Å². The van der Waals surface area contributed by atoms with Crippen molar-refractivity contribution in [3.63, 3.8) is 0 Å². The van der Waals surface area contributed by atoms with Gasteiger partial charge in [-0.25, -0.2) is 0 Å². The predicted octanol–water partition coefficient (Wildman–Crippen LogP) is 12.2. The maximum atomic E-state index is 13.3. The zero-order valence-corrected chi connectivity index (χ0v) is 50.1. The molecule has 0 aromatic heterocycles. The summed E-state index contributed by atoms with van der Waals surface area (Å²) in [7, 11) is 0. The van der Waals surface area contributed by atoms with Gasteiger partial charge in [0.2, 0.25) is 5.91 Å². The van der Waals surface area contributed by atoms with Crippen LogP contribution in [0.25, 0.3) is 0 Å². The topological polar surface area (TPSA) is 228 Å². The smallest absolute Gasteiger partial charge is 0.220 e. The second kappa shape index (κ2) is 50.7. The summed E-state index contributed by atoms with van der Waals surface area (Å²) in [6.45, 7) is 2.81. The van der Waals surface area contributed by atoms with Gasteiger partial charge in [0.1, 0.15) is 48.8 Å². The number of ether oxygens (including phenoxy) is 4. The molecule has 0 radical (unpaired) electrons. The fraction of sp³-hybridized carbons (Fsp3) is 0.892. The van der Waals surface area contributed by atoms with E-state index in [0.29, 0.717) is 12.8 Å². The SMILES string of the molecule is CCCCCCCCCCCCCCCCCCCC/C=C/CC/C=C/CC/C=C/C(O)C(COC1OC(CO)C(OC2OC(CO)C(O)C(O)C2O)C(O)C1O)NC(=O)CCCCCCCCCCCCCCCCCCC. The van der Waals surface area contributed by atoms with Crippen molar-refractivity contribution in [2.45, 2.75) is 351 Å². The van der Waals surface area contributed by atoms with Crippen LogP contribution in [0.3, 0.4) is 0 Å². The molecule has 464 valence electrons. The van der Waals surface area contributed by atoms with E-state index in [0.717, 1.165) is 44.9 Å². The van der Waals surface area contributed by atoms with Crippen molar-refractivity contribution in [3.8, 4) is 0 Å². The Morgan fingerprint density at radius 1 is 0.443 bits per heavy atom. The molecule has 14 nitrogen and oxygen atoms in total. The first-order valence-electron chi connectivity index (χ1n) is 32.7. The Labute approximate surface area is 481 Å². The molecule has 2 heterocycles. The van der Waals surface area contributed by atoms with E-state index in [1.54, 1.807) is 6.08 Å². The first kappa shape index (κ1) is 73.3. The average Bonchev–Trinajstić information content (AvgIpc) is 3.47. The minimum Gasteiger partial charge on any atom is -0.394 e. The number of nitrogens with one attached hydrogen (secondary N) is 1. The van der Waals surface area contributed by atoms with Crippen LogP contribution in [-0.4, -0.2) is 140 Å². The zero-order chi connectivity index (χ0) is 57.4. The lowest BCUT2D eigenvalue weighted by Crippen LogP contribution is -2.65. The van der Waals surface area contributed by atoms with Crippen molar-refractivity contribution >= 4 is 5.91 Å². The van der Waals surface area contributed by atoms with E-state index in [-0.39, 0.29) is 18.9 Å². The summed E-state index contributed by atoms with van der Waals surface area (Å²) in [5.74, 6) is -0.249. The molecule has 2 fully saturated rings. The van der Waals surface area contributed by atoms with Crippen molar-refractivity contribution in [2.24, 2.45) is 0 Å². The largest absolute Gasteiger partial charge is 0.394 e. The Balaban J connectivity index is 1.73. The highest BCUT2D eigenvalue weighted by Gasteiger charge is 2.51. The molecule has 0 saturated carbocycles. The Morgan fingerprint density at radius 3 is 1.24 bits per heavy atom. The van der Waals surface area contributed by atoms with Crippen LogP contribution >= 0.6 is 0 Å². The summed E-state index contributed by atoms with van der Waals surface area (Å²) in [6.07, 6.45) is 46.3. The number of carbonyl (C=O) groups is 1. The molecule has 0 bridgehead atoms. The second-order valence-electron chi connectivity index (χ2n) is 23.2. The molecule has 1 amide bonds. The zero-order valence-electron chi connectivity index (χ0n) is 50.1. The number of allylic oxidation sites excluding steroid dienone is 5. The Hall–Kier alpha value is -1.79. The minimum atomic E-state index is -1.79. The quantitative estimate of drug-likeness (QED) is 0.0204. The maximum Gasteiger partial charge on any atom is 0.220 e. The van der Waals surface area contributed by atoms with E-state index in [2.05, 4.69) is 43.5 Å².